The first-order valence-corrected chi connectivity index (χ1v) is 10.4. The van der Waals surface area contributed by atoms with Gasteiger partial charge in [0.25, 0.3) is 0 Å². The molecule has 1 unspecified atom stereocenters. The third-order valence-electron chi connectivity index (χ3n) is 4.94. The van der Waals surface area contributed by atoms with Crippen molar-refractivity contribution in [2.75, 3.05) is 7.11 Å². The number of carbonyl (C=O) groups excluding carboxylic acids is 1. The number of benzene rings is 2. The Bertz CT molecular complexity index is 807. The van der Waals surface area contributed by atoms with Crippen LogP contribution in [0.4, 0.5) is 0 Å². The molecule has 0 fully saturated rings. The predicted molar refractivity (Wildman–Crippen MR) is 113 cm³/mol. The lowest BCUT2D eigenvalue weighted by molar-refractivity contribution is -0.145. The highest BCUT2D eigenvalue weighted by Gasteiger charge is 2.18. The monoisotopic (exact) mass is 378 g/mol. The van der Waals surface area contributed by atoms with Gasteiger partial charge in [0.05, 0.1) is 13.0 Å². The molecule has 140 valence electrons. The average molecular weight is 379 g/mol. The van der Waals surface area contributed by atoms with E-state index in [4.69, 9.17) is 4.74 Å². The molecule has 0 spiro atoms. The summed E-state index contributed by atoms with van der Waals surface area (Å²) in [5.74, 6) is -0.117. The molecule has 1 atom stereocenters. The van der Waals surface area contributed by atoms with E-state index < -0.39 is 0 Å². The standard InChI is InChI=1S/C24H26O2S/c1-26-24(25)22(10-5-9-19-7-3-2-4-8-19)17-14-20-12-15-21(16-13-20)23-11-6-18-27-23/h2-4,6-8,11-13,15-16,18,22H,5,9-10,14,17H2,1H3. The molecule has 2 nitrogen and oxygen atoms in total. The molecule has 0 saturated carbocycles. The van der Waals surface area contributed by atoms with Gasteiger partial charge in [-0.25, -0.2) is 0 Å². The van der Waals surface area contributed by atoms with Crippen LogP contribution in [0, 0.1) is 5.92 Å². The van der Waals surface area contributed by atoms with E-state index in [1.54, 1.807) is 11.3 Å². The van der Waals surface area contributed by atoms with Gasteiger partial charge in [-0.3, -0.25) is 4.79 Å². The maximum Gasteiger partial charge on any atom is 0.308 e. The van der Waals surface area contributed by atoms with E-state index in [9.17, 15) is 4.79 Å². The minimum atomic E-state index is -0.0849. The Kier molecular flexibility index (Phi) is 7.23. The lowest BCUT2D eigenvalue weighted by Gasteiger charge is -2.15. The van der Waals surface area contributed by atoms with Crippen LogP contribution in [0.15, 0.2) is 72.1 Å². The molecule has 0 N–H and O–H groups in total. The predicted octanol–water partition coefficient (Wildman–Crippen LogP) is 6.16. The third-order valence-corrected chi connectivity index (χ3v) is 5.86. The van der Waals surface area contributed by atoms with Gasteiger partial charge in [0, 0.05) is 4.88 Å². The molecule has 0 aliphatic heterocycles. The van der Waals surface area contributed by atoms with Crippen LogP contribution in [0.25, 0.3) is 10.4 Å². The van der Waals surface area contributed by atoms with Crippen molar-refractivity contribution in [3.63, 3.8) is 0 Å². The van der Waals surface area contributed by atoms with Crippen LogP contribution in [0.3, 0.4) is 0 Å². The molecule has 3 aromatic rings. The van der Waals surface area contributed by atoms with Crippen molar-refractivity contribution >= 4 is 17.3 Å². The lowest BCUT2D eigenvalue weighted by Crippen LogP contribution is -2.17. The Labute approximate surface area is 165 Å². The van der Waals surface area contributed by atoms with Crippen molar-refractivity contribution in [2.24, 2.45) is 5.92 Å². The van der Waals surface area contributed by atoms with Gasteiger partial charge in [-0.15, -0.1) is 11.3 Å². The smallest absolute Gasteiger partial charge is 0.308 e. The van der Waals surface area contributed by atoms with Gasteiger partial charge in [-0.1, -0.05) is 60.7 Å². The van der Waals surface area contributed by atoms with Gasteiger partial charge >= 0.3 is 5.97 Å². The van der Waals surface area contributed by atoms with Gasteiger partial charge in [0.2, 0.25) is 0 Å². The maximum atomic E-state index is 12.2. The summed E-state index contributed by atoms with van der Waals surface area (Å²) in [6.07, 6.45) is 4.61. The van der Waals surface area contributed by atoms with Crippen LogP contribution in [0.2, 0.25) is 0 Å². The number of ether oxygens (including phenoxy) is 1. The van der Waals surface area contributed by atoms with Crippen molar-refractivity contribution in [1.82, 2.24) is 0 Å². The normalized spacial score (nSPS) is 11.9. The van der Waals surface area contributed by atoms with E-state index in [-0.39, 0.29) is 11.9 Å². The van der Waals surface area contributed by atoms with Crippen molar-refractivity contribution in [3.8, 4) is 10.4 Å². The van der Waals surface area contributed by atoms with Gasteiger partial charge in [0.1, 0.15) is 0 Å². The zero-order valence-corrected chi connectivity index (χ0v) is 16.6. The summed E-state index contributed by atoms with van der Waals surface area (Å²) in [6, 6.07) is 23.3. The first kappa shape index (κ1) is 19.4. The molecule has 27 heavy (non-hydrogen) atoms. The third kappa shape index (κ3) is 5.80. The first-order chi connectivity index (χ1) is 13.3. The minimum absolute atomic E-state index is 0.0318. The SMILES string of the molecule is COC(=O)C(CCCc1ccccc1)CCc1ccc(-c2cccs2)cc1. The highest BCUT2D eigenvalue weighted by atomic mass is 32.1. The molecule has 0 aliphatic carbocycles. The molecular formula is C24H26O2S. The Balaban J connectivity index is 1.52. The van der Waals surface area contributed by atoms with E-state index in [1.807, 2.05) is 6.07 Å². The Morgan fingerprint density at radius 1 is 0.889 bits per heavy atom. The topological polar surface area (TPSA) is 26.3 Å². The van der Waals surface area contributed by atoms with Crippen LogP contribution in [0.1, 0.15) is 30.4 Å². The molecule has 1 heterocycles. The fourth-order valence-corrected chi connectivity index (χ4v) is 4.10. The second-order valence-corrected chi connectivity index (χ2v) is 7.76. The molecule has 0 amide bonds. The minimum Gasteiger partial charge on any atom is -0.469 e. The van der Waals surface area contributed by atoms with E-state index in [1.165, 1.54) is 28.7 Å². The number of methoxy groups -OCH3 is 1. The van der Waals surface area contributed by atoms with E-state index >= 15 is 0 Å². The van der Waals surface area contributed by atoms with Gasteiger partial charge in [0.15, 0.2) is 0 Å². The Morgan fingerprint density at radius 3 is 2.30 bits per heavy atom. The van der Waals surface area contributed by atoms with Crippen molar-refractivity contribution < 1.29 is 9.53 Å². The Morgan fingerprint density at radius 2 is 1.63 bits per heavy atom. The highest BCUT2D eigenvalue weighted by Crippen LogP contribution is 2.25. The summed E-state index contributed by atoms with van der Waals surface area (Å²) in [5, 5.41) is 2.10. The molecule has 1 aromatic heterocycles. The summed E-state index contributed by atoms with van der Waals surface area (Å²) < 4.78 is 5.03. The number of hydrogen-bond acceptors (Lipinski definition) is 3. The van der Waals surface area contributed by atoms with Crippen molar-refractivity contribution in [2.45, 2.75) is 32.1 Å². The molecule has 3 rings (SSSR count). The first-order valence-electron chi connectivity index (χ1n) is 9.51. The second kappa shape index (κ2) is 10.1. The van der Waals surface area contributed by atoms with Crippen molar-refractivity contribution in [1.29, 1.82) is 0 Å². The molecular weight excluding hydrogens is 352 g/mol. The molecule has 2 aromatic carbocycles. The molecule has 0 radical (unpaired) electrons. The van der Waals surface area contributed by atoms with Crippen LogP contribution in [-0.2, 0) is 22.4 Å². The fourth-order valence-electron chi connectivity index (χ4n) is 3.36. The van der Waals surface area contributed by atoms with Crippen LogP contribution in [-0.4, -0.2) is 13.1 Å². The second-order valence-electron chi connectivity index (χ2n) is 6.81. The number of hydrogen-bond donors (Lipinski definition) is 0. The number of esters is 1. The van der Waals surface area contributed by atoms with Gasteiger partial charge in [-0.05, 0) is 60.2 Å². The van der Waals surface area contributed by atoms with Crippen LogP contribution < -0.4 is 0 Å². The average Bonchev–Trinajstić information content (AvgIpc) is 3.26. The fraction of sp³-hybridized carbons (Fsp3) is 0.292. The lowest BCUT2D eigenvalue weighted by atomic mass is 9.93. The zero-order chi connectivity index (χ0) is 18.9. The number of rotatable bonds is 9. The van der Waals surface area contributed by atoms with Gasteiger partial charge < -0.3 is 4.74 Å². The summed E-state index contributed by atoms with van der Waals surface area (Å²) in [4.78, 5) is 13.5. The Hall–Kier alpha value is -2.39. The van der Waals surface area contributed by atoms with E-state index in [2.05, 4.69) is 66.0 Å². The summed E-state index contributed by atoms with van der Waals surface area (Å²) >= 11 is 1.75. The maximum absolute atomic E-state index is 12.2. The van der Waals surface area contributed by atoms with Crippen LogP contribution in [0.5, 0.6) is 0 Å². The van der Waals surface area contributed by atoms with Crippen LogP contribution >= 0.6 is 11.3 Å². The summed E-state index contributed by atoms with van der Waals surface area (Å²) in [7, 11) is 1.49. The summed E-state index contributed by atoms with van der Waals surface area (Å²) in [5.41, 5.74) is 3.85. The molecule has 0 aliphatic rings. The molecule has 3 heteroatoms. The number of carbonyl (C=O) groups is 1. The van der Waals surface area contributed by atoms with E-state index in [0.29, 0.717) is 0 Å². The van der Waals surface area contributed by atoms with E-state index in [0.717, 1.165) is 32.1 Å². The highest BCUT2D eigenvalue weighted by molar-refractivity contribution is 7.13. The van der Waals surface area contributed by atoms with Gasteiger partial charge in [-0.2, -0.15) is 0 Å². The molecule has 0 bridgehead atoms. The number of thiophene rings is 1. The zero-order valence-electron chi connectivity index (χ0n) is 15.8. The quantitative estimate of drug-likeness (QED) is 0.417. The molecule has 0 saturated heterocycles. The van der Waals surface area contributed by atoms with Crippen molar-refractivity contribution in [3.05, 3.63) is 83.2 Å². The largest absolute Gasteiger partial charge is 0.469 e. The summed E-state index contributed by atoms with van der Waals surface area (Å²) in [6.45, 7) is 0. The number of aryl methyl sites for hydroxylation is 2.